The molecule has 0 amide bonds. The number of rotatable bonds is 11. The van der Waals surface area contributed by atoms with E-state index in [9.17, 15) is 19.8 Å². The molecule has 0 bridgehead atoms. The summed E-state index contributed by atoms with van der Waals surface area (Å²) in [5.41, 5.74) is 0. The Morgan fingerprint density at radius 1 is 0.800 bits per heavy atom. The van der Waals surface area contributed by atoms with Crippen LogP contribution in [0.1, 0.15) is 12.8 Å². The first-order chi connectivity index (χ1) is 9.54. The topological polar surface area (TPSA) is 112 Å². The van der Waals surface area contributed by atoms with E-state index in [0.29, 0.717) is 26.1 Å². The molecule has 2 atom stereocenters. The number of carbonyl (C=O) groups excluding carboxylic acids is 2. The molecule has 8 heteroatoms. The van der Waals surface area contributed by atoms with E-state index >= 15 is 0 Å². The summed E-state index contributed by atoms with van der Waals surface area (Å²) in [5.74, 6) is -2.16. The zero-order chi connectivity index (χ0) is 15.4. The van der Waals surface area contributed by atoms with Gasteiger partial charge in [0.1, 0.15) is 0 Å². The first kappa shape index (κ1) is 18.8. The zero-order valence-electron chi connectivity index (χ0n) is 11.7. The van der Waals surface area contributed by atoms with Crippen LogP contribution in [0.15, 0.2) is 0 Å². The minimum Gasteiger partial charge on any atom is -0.464 e. The third kappa shape index (κ3) is 8.05. The Balaban J connectivity index is 3.95. The molecule has 0 aromatic heterocycles. The monoisotopic (exact) mass is 294 g/mol. The number of carbonyl (C=O) groups is 2. The highest BCUT2D eigenvalue weighted by molar-refractivity contribution is 5.85. The fourth-order valence-electron chi connectivity index (χ4n) is 1.18. The molecule has 2 N–H and O–H groups in total. The van der Waals surface area contributed by atoms with Gasteiger partial charge in [0.15, 0.2) is 12.2 Å². The lowest BCUT2D eigenvalue weighted by Crippen LogP contribution is -2.42. The maximum absolute atomic E-state index is 11.3. The Kier molecular flexibility index (Phi) is 10.9. The van der Waals surface area contributed by atoms with Crippen LogP contribution in [-0.2, 0) is 28.5 Å². The van der Waals surface area contributed by atoms with Crippen LogP contribution in [0.3, 0.4) is 0 Å². The Bertz CT molecular complexity index is 253. The van der Waals surface area contributed by atoms with Crippen LogP contribution in [-0.4, -0.2) is 75.0 Å². The normalized spacial score (nSPS) is 13.6. The van der Waals surface area contributed by atoms with Gasteiger partial charge in [-0.1, -0.05) is 0 Å². The molecule has 0 spiro atoms. The molecular weight excluding hydrogens is 272 g/mol. The summed E-state index contributed by atoms with van der Waals surface area (Å²) >= 11 is 0. The number of esters is 2. The van der Waals surface area contributed by atoms with Gasteiger partial charge in [-0.2, -0.15) is 0 Å². The van der Waals surface area contributed by atoms with Crippen LogP contribution < -0.4 is 0 Å². The van der Waals surface area contributed by atoms with Crippen molar-refractivity contribution in [1.82, 2.24) is 0 Å². The van der Waals surface area contributed by atoms with E-state index in [2.05, 4.69) is 9.47 Å². The zero-order valence-corrected chi connectivity index (χ0v) is 11.7. The molecule has 0 heterocycles. The fraction of sp³-hybridized carbons (Fsp3) is 0.833. The molecule has 118 valence electrons. The molecular formula is C12H22O8. The van der Waals surface area contributed by atoms with Gasteiger partial charge < -0.3 is 29.2 Å². The minimum atomic E-state index is -1.97. The lowest BCUT2D eigenvalue weighted by Gasteiger charge is -2.15. The van der Waals surface area contributed by atoms with Gasteiger partial charge in [0, 0.05) is 40.3 Å². The van der Waals surface area contributed by atoms with E-state index in [4.69, 9.17) is 9.47 Å². The predicted molar refractivity (Wildman–Crippen MR) is 66.9 cm³/mol. The van der Waals surface area contributed by atoms with Gasteiger partial charge in [-0.15, -0.1) is 0 Å². The SMILES string of the molecule is COCCCOC(=O)[C@H](O)[C@@H](O)C(=O)OCCCOC. The molecule has 0 unspecified atom stereocenters. The average molecular weight is 294 g/mol. The Morgan fingerprint density at radius 3 is 1.45 bits per heavy atom. The number of hydrogen-bond acceptors (Lipinski definition) is 8. The molecule has 0 aliphatic carbocycles. The Hall–Kier alpha value is -1.22. The van der Waals surface area contributed by atoms with Gasteiger partial charge in [-0.05, 0) is 0 Å². The summed E-state index contributed by atoms with van der Waals surface area (Å²) < 4.78 is 18.8. The summed E-state index contributed by atoms with van der Waals surface area (Å²) in [6.45, 7) is 0.847. The van der Waals surface area contributed by atoms with Crippen molar-refractivity contribution < 1.29 is 38.7 Å². The molecule has 0 fully saturated rings. The molecule has 0 aromatic carbocycles. The molecule has 0 aromatic rings. The summed E-state index contributed by atoms with van der Waals surface area (Å²) in [6, 6.07) is 0. The smallest absolute Gasteiger partial charge is 0.338 e. The largest absolute Gasteiger partial charge is 0.464 e. The second kappa shape index (κ2) is 11.6. The van der Waals surface area contributed by atoms with E-state index in [1.165, 1.54) is 14.2 Å². The third-order valence-electron chi connectivity index (χ3n) is 2.26. The van der Waals surface area contributed by atoms with Crippen molar-refractivity contribution in [3.05, 3.63) is 0 Å². The number of aliphatic hydroxyl groups excluding tert-OH is 2. The average Bonchev–Trinajstić information content (AvgIpc) is 2.46. The highest BCUT2D eigenvalue weighted by Crippen LogP contribution is 2.01. The van der Waals surface area contributed by atoms with E-state index in [0.717, 1.165) is 0 Å². The van der Waals surface area contributed by atoms with Crippen LogP contribution in [0, 0.1) is 0 Å². The van der Waals surface area contributed by atoms with E-state index in [1.807, 2.05) is 0 Å². The molecule has 0 radical (unpaired) electrons. The van der Waals surface area contributed by atoms with Crippen LogP contribution >= 0.6 is 0 Å². The summed E-state index contributed by atoms with van der Waals surface area (Å²) in [5, 5.41) is 18.9. The van der Waals surface area contributed by atoms with Crippen LogP contribution in [0.4, 0.5) is 0 Å². The van der Waals surface area contributed by atoms with E-state index < -0.39 is 24.1 Å². The minimum absolute atomic E-state index is 0.0271. The highest BCUT2D eigenvalue weighted by Gasteiger charge is 2.32. The molecule has 0 aliphatic rings. The maximum atomic E-state index is 11.3. The lowest BCUT2D eigenvalue weighted by molar-refractivity contribution is -0.173. The lowest BCUT2D eigenvalue weighted by atomic mass is 10.2. The molecule has 20 heavy (non-hydrogen) atoms. The fourth-order valence-corrected chi connectivity index (χ4v) is 1.18. The Labute approximate surface area is 117 Å². The van der Waals surface area contributed by atoms with Crippen molar-refractivity contribution in [2.24, 2.45) is 0 Å². The quantitative estimate of drug-likeness (QED) is 0.363. The van der Waals surface area contributed by atoms with Crippen LogP contribution in [0.2, 0.25) is 0 Å². The van der Waals surface area contributed by atoms with E-state index in [1.54, 1.807) is 0 Å². The van der Waals surface area contributed by atoms with Crippen LogP contribution in [0.5, 0.6) is 0 Å². The van der Waals surface area contributed by atoms with Gasteiger partial charge in [-0.25, -0.2) is 9.59 Å². The first-order valence-electron chi connectivity index (χ1n) is 6.21. The predicted octanol–water partition coefficient (Wildman–Crippen LogP) is -1.13. The number of methoxy groups -OCH3 is 2. The molecule has 0 aliphatic heterocycles. The van der Waals surface area contributed by atoms with Gasteiger partial charge >= 0.3 is 11.9 Å². The first-order valence-corrected chi connectivity index (χ1v) is 6.21. The van der Waals surface area contributed by atoms with Gasteiger partial charge in [-0.3, -0.25) is 0 Å². The van der Waals surface area contributed by atoms with Crippen molar-refractivity contribution in [3.8, 4) is 0 Å². The number of hydrogen-bond donors (Lipinski definition) is 2. The van der Waals surface area contributed by atoms with Crippen molar-refractivity contribution in [3.63, 3.8) is 0 Å². The summed E-state index contributed by atoms with van der Waals surface area (Å²) in [4.78, 5) is 22.7. The van der Waals surface area contributed by atoms with Crippen molar-refractivity contribution >= 4 is 11.9 Å². The second-order valence-electron chi connectivity index (χ2n) is 3.92. The second-order valence-corrected chi connectivity index (χ2v) is 3.92. The molecule has 0 rings (SSSR count). The van der Waals surface area contributed by atoms with Gasteiger partial charge in [0.25, 0.3) is 0 Å². The van der Waals surface area contributed by atoms with E-state index in [-0.39, 0.29) is 13.2 Å². The van der Waals surface area contributed by atoms with Crippen molar-refractivity contribution in [2.75, 3.05) is 40.6 Å². The molecule has 0 saturated carbocycles. The summed E-state index contributed by atoms with van der Waals surface area (Å²) in [6.07, 6.45) is -3.03. The van der Waals surface area contributed by atoms with Crippen LogP contribution in [0.25, 0.3) is 0 Å². The Morgan fingerprint density at radius 2 is 1.15 bits per heavy atom. The number of aliphatic hydroxyl groups is 2. The van der Waals surface area contributed by atoms with Crippen molar-refractivity contribution in [1.29, 1.82) is 0 Å². The highest BCUT2D eigenvalue weighted by atomic mass is 16.6. The van der Waals surface area contributed by atoms with Gasteiger partial charge in [0.2, 0.25) is 0 Å². The van der Waals surface area contributed by atoms with Gasteiger partial charge in [0.05, 0.1) is 13.2 Å². The molecule has 8 nitrogen and oxygen atoms in total. The standard InChI is InChI=1S/C12H22O8/c1-17-5-3-7-19-11(15)9(13)10(14)12(16)20-8-4-6-18-2/h9-10,13-14H,3-8H2,1-2H3/t9-,10-/m1/s1. The van der Waals surface area contributed by atoms with Crippen molar-refractivity contribution in [2.45, 2.75) is 25.0 Å². The molecule has 0 saturated heterocycles. The maximum Gasteiger partial charge on any atom is 0.338 e. The number of ether oxygens (including phenoxy) is 4. The summed E-state index contributed by atoms with van der Waals surface area (Å²) in [7, 11) is 3.00. The third-order valence-corrected chi connectivity index (χ3v) is 2.26.